The minimum absolute atomic E-state index is 0.0362. The van der Waals surface area contributed by atoms with Crippen LogP contribution in [-0.4, -0.2) is 26.5 Å². The van der Waals surface area contributed by atoms with Crippen molar-refractivity contribution >= 4 is 23.2 Å². The first kappa shape index (κ1) is 17.7. The number of halogens is 1. The molecule has 0 radical (unpaired) electrons. The van der Waals surface area contributed by atoms with Gasteiger partial charge in [-0.2, -0.15) is 0 Å². The molecule has 3 N–H and O–H groups in total. The van der Waals surface area contributed by atoms with Gasteiger partial charge in [-0.1, -0.05) is 35.9 Å². The van der Waals surface area contributed by atoms with Crippen molar-refractivity contribution in [3.63, 3.8) is 0 Å². The molecule has 132 valence electrons. The molecular formula is C19H23ClN4O. The molecule has 25 heavy (non-hydrogen) atoms. The van der Waals surface area contributed by atoms with Crippen LogP contribution in [0.25, 0.3) is 0 Å². The molecule has 3 rings (SSSR count). The molecule has 0 bridgehead atoms. The smallest absolute Gasteiger partial charge is 0.226 e. The first-order valence-electron chi connectivity index (χ1n) is 8.32. The molecule has 1 aliphatic rings. The van der Waals surface area contributed by atoms with Gasteiger partial charge in [0.2, 0.25) is 5.91 Å². The second-order valence-electron chi connectivity index (χ2n) is 6.44. The second kappa shape index (κ2) is 7.87. The predicted octanol–water partition coefficient (Wildman–Crippen LogP) is 2.49. The summed E-state index contributed by atoms with van der Waals surface area (Å²) in [6.45, 7) is 1.12. The maximum atomic E-state index is 12.6. The summed E-state index contributed by atoms with van der Waals surface area (Å²) in [7, 11) is 4.02. The maximum absolute atomic E-state index is 12.6. The summed E-state index contributed by atoms with van der Waals surface area (Å²) in [6, 6.07) is 15.7. The van der Waals surface area contributed by atoms with Crippen molar-refractivity contribution in [3.8, 4) is 0 Å². The van der Waals surface area contributed by atoms with Gasteiger partial charge in [0, 0.05) is 37.9 Å². The molecule has 0 aromatic heterocycles. The lowest BCUT2D eigenvalue weighted by Crippen LogP contribution is -2.34. The van der Waals surface area contributed by atoms with E-state index in [0.29, 0.717) is 18.1 Å². The van der Waals surface area contributed by atoms with Crippen LogP contribution in [0.4, 0.5) is 5.69 Å². The van der Waals surface area contributed by atoms with E-state index in [4.69, 9.17) is 11.6 Å². The van der Waals surface area contributed by atoms with Gasteiger partial charge in [0.1, 0.15) is 0 Å². The lowest BCUT2D eigenvalue weighted by molar-refractivity contribution is -0.125. The van der Waals surface area contributed by atoms with Crippen molar-refractivity contribution < 1.29 is 4.79 Å². The molecule has 1 heterocycles. The van der Waals surface area contributed by atoms with Crippen LogP contribution < -0.4 is 21.1 Å². The van der Waals surface area contributed by atoms with E-state index in [1.165, 1.54) is 0 Å². The minimum atomic E-state index is -0.165. The lowest BCUT2D eigenvalue weighted by atomic mass is 9.94. The van der Waals surface area contributed by atoms with Gasteiger partial charge in [0.05, 0.1) is 12.0 Å². The third kappa shape index (κ3) is 4.31. The highest BCUT2D eigenvalue weighted by molar-refractivity contribution is 6.30. The number of benzene rings is 2. The SMILES string of the molecule is CN(C)c1ccc(CNC(=O)C2CNNC2c2ccc(Cl)cc2)cc1. The van der Waals surface area contributed by atoms with Crippen LogP contribution in [0.1, 0.15) is 17.2 Å². The van der Waals surface area contributed by atoms with Crippen LogP contribution in [0, 0.1) is 5.92 Å². The summed E-state index contributed by atoms with van der Waals surface area (Å²) in [6.07, 6.45) is 0. The van der Waals surface area contributed by atoms with Gasteiger partial charge < -0.3 is 10.2 Å². The third-order valence-electron chi connectivity index (χ3n) is 4.47. The quantitative estimate of drug-likeness (QED) is 0.768. The highest BCUT2D eigenvalue weighted by Gasteiger charge is 2.33. The van der Waals surface area contributed by atoms with E-state index in [1.807, 2.05) is 50.5 Å². The molecule has 0 saturated carbocycles. The largest absolute Gasteiger partial charge is 0.378 e. The third-order valence-corrected chi connectivity index (χ3v) is 4.72. The number of carbonyl (C=O) groups is 1. The standard InChI is InChI=1S/C19H23ClN4O/c1-24(2)16-9-3-13(4-10-16)11-21-19(25)17-12-22-23-18(17)14-5-7-15(20)8-6-14/h3-10,17-18,22-23H,11-12H2,1-2H3,(H,21,25). The van der Waals surface area contributed by atoms with Crippen molar-refractivity contribution in [2.24, 2.45) is 5.92 Å². The van der Waals surface area contributed by atoms with Gasteiger partial charge in [0.25, 0.3) is 0 Å². The van der Waals surface area contributed by atoms with E-state index in [9.17, 15) is 4.79 Å². The second-order valence-corrected chi connectivity index (χ2v) is 6.88. The summed E-state index contributed by atoms with van der Waals surface area (Å²) in [4.78, 5) is 14.7. The summed E-state index contributed by atoms with van der Waals surface area (Å²) < 4.78 is 0. The Bertz CT molecular complexity index is 715. The zero-order valence-corrected chi connectivity index (χ0v) is 15.2. The number of nitrogens with one attached hydrogen (secondary N) is 3. The van der Waals surface area contributed by atoms with E-state index >= 15 is 0 Å². The molecule has 0 aliphatic carbocycles. The van der Waals surface area contributed by atoms with Gasteiger partial charge in [-0.05, 0) is 35.4 Å². The number of amides is 1. The number of anilines is 1. The maximum Gasteiger partial charge on any atom is 0.226 e. The molecule has 2 atom stereocenters. The highest BCUT2D eigenvalue weighted by Crippen LogP contribution is 2.26. The van der Waals surface area contributed by atoms with E-state index < -0.39 is 0 Å². The summed E-state index contributed by atoms with van der Waals surface area (Å²) >= 11 is 5.95. The Labute approximate surface area is 153 Å². The fraction of sp³-hybridized carbons (Fsp3) is 0.316. The first-order chi connectivity index (χ1) is 12.0. The fourth-order valence-electron chi connectivity index (χ4n) is 2.96. The summed E-state index contributed by atoms with van der Waals surface area (Å²) in [5.41, 5.74) is 9.54. The van der Waals surface area contributed by atoms with Crippen LogP contribution in [0.15, 0.2) is 48.5 Å². The van der Waals surface area contributed by atoms with E-state index in [1.54, 1.807) is 0 Å². The fourth-order valence-corrected chi connectivity index (χ4v) is 3.09. The molecule has 2 aromatic rings. The number of nitrogens with zero attached hydrogens (tertiary/aromatic N) is 1. The summed E-state index contributed by atoms with van der Waals surface area (Å²) in [5.74, 6) is -0.128. The zero-order chi connectivity index (χ0) is 17.8. The van der Waals surface area contributed by atoms with Crippen molar-refractivity contribution in [1.82, 2.24) is 16.2 Å². The Kier molecular flexibility index (Phi) is 5.58. The molecular weight excluding hydrogens is 336 g/mol. The zero-order valence-electron chi connectivity index (χ0n) is 14.4. The highest BCUT2D eigenvalue weighted by atomic mass is 35.5. The van der Waals surface area contributed by atoms with Crippen molar-refractivity contribution in [2.45, 2.75) is 12.6 Å². The van der Waals surface area contributed by atoms with Crippen molar-refractivity contribution in [2.75, 3.05) is 25.5 Å². The summed E-state index contributed by atoms with van der Waals surface area (Å²) in [5, 5.41) is 3.73. The monoisotopic (exact) mass is 358 g/mol. The van der Waals surface area contributed by atoms with Gasteiger partial charge in [-0.15, -0.1) is 0 Å². The molecule has 1 saturated heterocycles. The van der Waals surface area contributed by atoms with Crippen LogP contribution in [0.2, 0.25) is 5.02 Å². The van der Waals surface area contributed by atoms with Gasteiger partial charge in [0.15, 0.2) is 0 Å². The Morgan fingerprint density at radius 1 is 1.16 bits per heavy atom. The Balaban J connectivity index is 1.61. The molecule has 1 fully saturated rings. The van der Waals surface area contributed by atoms with E-state index in [0.717, 1.165) is 16.8 Å². The molecule has 1 amide bonds. The molecule has 0 spiro atoms. The molecule has 6 heteroatoms. The topological polar surface area (TPSA) is 56.4 Å². The molecule has 5 nitrogen and oxygen atoms in total. The van der Waals surface area contributed by atoms with Gasteiger partial charge in [-0.3, -0.25) is 10.2 Å². The predicted molar refractivity (Wildman–Crippen MR) is 101 cm³/mol. The Hall–Kier alpha value is -2.08. The molecule has 1 aliphatic heterocycles. The normalized spacial score (nSPS) is 19.6. The van der Waals surface area contributed by atoms with E-state index in [-0.39, 0.29) is 17.9 Å². The van der Waals surface area contributed by atoms with E-state index in [2.05, 4.69) is 33.2 Å². The van der Waals surface area contributed by atoms with Crippen molar-refractivity contribution in [3.05, 3.63) is 64.7 Å². The Morgan fingerprint density at radius 2 is 1.84 bits per heavy atom. The Morgan fingerprint density at radius 3 is 2.48 bits per heavy atom. The average Bonchev–Trinajstić information content (AvgIpc) is 3.10. The molecule has 2 aromatic carbocycles. The number of hydrazine groups is 1. The van der Waals surface area contributed by atoms with Crippen LogP contribution in [0.5, 0.6) is 0 Å². The number of carbonyl (C=O) groups excluding carboxylic acids is 1. The van der Waals surface area contributed by atoms with Crippen LogP contribution >= 0.6 is 11.6 Å². The number of hydrogen-bond donors (Lipinski definition) is 3. The van der Waals surface area contributed by atoms with Gasteiger partial charge >= 0.3 is 0 Å². The minimum Gasteiger partial charge on any atom is -0.378 e. The average molecular weight is 359 g/mol. The van der Waals surface area contributed by atoms with Crippen molar-refractivity contribution in [1.29, 1.82) is 0 Å². The van der Waals surface area contributed by atoms with Crippen LogP contribution in [0.3, 0.4) is 0 Å². The van der Waals surface area contributed by atoms with Gasteiger partial charge in [-0.25, -0.2) is 5.43 Å². The van der Waals surface area contributed by atoms with Crippen LogP contribution in [-0.2, 0) is 11.3 Å². The first-order valence-corrected chi connectivity index (χ1v) is 8.70. The number of rotatable bonds is 5. The lowest BCUT2D eigenvalue weighted by Gasteiger charge is -2.19. The number of hydrogen-bond acceptors (Lipinski definition) is 4. The molecule has 2 unspecified atom stereocenters.